The summed E-state index contributed by atoms with van der Waals surface area (Å²) < 4.78 is 6.44. The highest BCUT2D eigenvalue weighted by Crippen LogP contribution is 2.30. The van der Waals surface area contributed by atoms with Gasteiger partial charge in [0, 0.05) is 34.0 Å². The Kier molecular flexibility index (Phi) is 7.21. The minimum atomic E-state index is -0.510. The zero-order chi connectivity index (χ0) is 21.8. The number of morpholine rings is 1. The quantitative estimate of drug-likeness (QED) is 0.264. The van der Waals surface area contributed by atoms with Gasteiger partial charge in [0.25, 0.3) is 11.6 Å². The van der Waals surface area contributed by atoms with E-state index >= 15 is 0 Å². The Bertz CT molecular complexity index is 1010. The summed E-state index contributed by atoms with van der Waals surface area (Å²) in [6.07, 6.45) is 0. The van der Waals surface area contributed by atoms with Crippen LogP contribution >= 0.6 is 34.8 Å². The van der Waals surface area contributed by atoms with Crippen LogP contribution in [0.1, 0.15) is 21.5 Å². The third kappa shape index (κ3) is 5.24. The van der Waals surface area contributed by atoms with Crippen molar-refractivity contribution < 1.29 is 14.5 Å². The zero-order valence-electron chi connectivity index (χ0n) is 16.5. The number of halogens is 1. The van der Waals surface area contributed by atoms with Crippen LogP contribution in [0.5, 0.6) is 0 Å². The van der Waals surface area contributed by atoms with Crippen LogP contribution in [0.3, 0.4) is 0 Å². The Labute approximate surface area is 193 Å². The number of hydrogen-bond donors (Lipinski definition) is 2. The molecular weight excluding hydrogens is 519 g/mol. The van der Waals surface area contributed by atoms with Gasteiger partial charge in [-0.15, -0.1) is 0 Å². The fourth-order valence-electron chi connectivity index (χ4n) is 3.13. The molecule has 0 spiro atoms. The molecule has 0 atom stereocenters. The second-order valence-electron chi connectivity index (χ2n) is 6.88. The van der Waals surface area contributed by atoms with Crippen LogP contribution in [0.25, 0.3) is 0 Å². The second kappa shape index (κ2) is 9.67. The maximum absolute atomic E-state index is 12.6. The second-order valence-corrected chi connectivity index (χ2v) is 8.46. The molecule has 8 nitrogen and oxygen atoms in total. The minimum absolute atomic E-state index is 0.118. The smallest absolute Gasteiger partial charge is 0.293 e. The summed E-state index contributed by atoms with van der Waals surface area (Å²) in [5.74, 6) is -0.510. The first-order chi connectivity index (χ1) is 14.3. The van der Waals surface area contributed by atoms with Gasteiger partial charge in [-0.25, -0.2) is 0 Å². The van der Waals surface area contributed by atoms with Crippen LogP contribution in [0.15, 0.2) is 30.3 Å². The largest absolute Gasteiger partial charge is 0.378 e. The average Bonchev–Trinajstić information content (AvgIpc) is 2.72. The van der Waals surface area contributed by atoms with E-state index in [0.717, 1.165) is 20.4 Å². The van der Waals surface area contributed by atoms with E-state index in [-0.39, 0.29) is 16.4 Å². The van der Waals surface area contributed by atoms with Crippen molar-refractivity contribution in [3.8, 4) is 0 Å². The molecule has 0 aliphatic carbocycles. The Morgan fingerprint density at radius 3 is 2.57 bits per heavy atom. The molecule has 0 radical (unpaired) electrons. The van der Waals surface area contributed by atoms with Crippen LogP contribution in [0.4, 0.5) is 17.1 Å². The van der Waals surface area contributed by atoms with Crippen molar-refractivity contribution in [2.75, 3.05) is 36.5 Å². The lowest BCUT2D eigenvalue weighted by molar-refractivity contribution is -0.384. The number of benzene rings is 2. The standard InChI is InChI=1S/C20H21IN4O4S/c1-12-10-16(13(2)9-15(12)21)22-20(30)23-19(26)14-3-4-17(18(11-14)25(27)28)24-5-7-29-8-6-24/h3-4,9-11H,5-8H2,1-2H3,(H2,22,23,26,30). The van der Waals surface area contributed by atoms with Crippen molar-refractivity contribution in [3.05, 3.63) is 60.7 Å². The third-order valence-corrected chi connectivity index (χ3v) is 6.13. The molecule has 1 aliphatic heterocycles. The number of carbonyl (C=O) groups is 1. The van der Waals surface area contributed by atoms with E-state index in [0.29, 0.717) is 32.0 Å². The van der Waals surface area contributed by atoms with Gasteiger partial charge < -0.3 is 15.0 Å². The van der Waals surface area contributed by atoms with Gasteiger partial charge in [0.1, 0.15) is 5.69 Å². The summed E-state index contributed by atoms with van der Waals surface area (Å²) in [5, 5.41) is 17.3. The van der Waals surface area contributed by atoms with Crippen LogP contribution in [0.2, 0.25) is 0 Å². The van der Waals surface area contributed by atoms with Gasteiger partial charge in [0.15, 0.2) is 5.11 Å². The molecule has 1 heterocycles. The number of thiocarbonyl (C=S) groups is 1. The highest BCUT2D eigenvalue weighted by atomic mass is 127. The van der Waals surface area contributed by atoms with Crippen molar-refractivity contribution in [2.45, 2.75) is 13.8 Å². The number of nitrogens with one attached hydrogen (secondary N) is 2. The van der Waals surface area contributed by atoms with E-state index in [1.54, 1.807) is 12.1 Å². The number of aryl methyl sites for hydroxylation is 2. The highest BCUT2D eigenvalue weighted by Gasteiger charge is 2.23. The number of ether oxygens (including phenoxy) is 1. The molecule has 0 aromatic heterocycles. The highest BCUT2D eigenvalue weighted by molar-refractivity contribution is 14.1. The molecule has 3 rings (SSSR count). The fraction of sp³-hybridized carbons (Fsp3) is 0.300. The minimum Gasteiger partial charge on any atom is -0.378 e. The van der Waals surface area contributed by atoms with Crippen LogP contribution in [-0.2, 0) is 4.74 Å². The predicted octanol–water partition coefficient (Wildman–Crippen LogP) is 3.78. The Hall–Kier alpha value is -2.31. The summed E-state index contributed by atoms with van der Waals surface area (Å²) in [6, 6.07) is 8.43. The molecule has 30 heavy (non-hydrogen) atoms. The molecule has 1 aliphatic rings. The fourth-order valence-corrected chi connectivity index (χ4v) is 3.95. The first-order valence-corrected chi connectivity index (χ1v) is 10.7. The molecule has 0 saturated carbocycles. The number of anilines is 2. The van der Waals surface area contributed by atoms with Gasteiger partial charge >= 0.3 is 0 Å². The molecule has 2 aromatic rings. The van der Waals surface area contributed by atoms with Gasteiger partial charge in [0.2, 0.25) is 0 Å². The van der Waals surface area contributed by atoms with E-state index in [1.807, 2.05) is 30.9 Å². The number of nitrogens with zero attached hydrogens (tertiary/aromatic N) is 2. The zero-order valence-corrected chi connectivity index (χ0v) is 19.5. The number of hydrogen-bond acceptors (Lipinski definition) is 6. The number of nitro benzene ring substituents is 1. The molecular formula is C20H21IN4O4S. The maximum Gasteiger partial charge on any atom is 0.293 e. The molecule has 0 unspecified atom stereocenters. The van der Waals surface area contributed by atoms with E-state index in [2.05, 4.69) is 33.2 Å². The Morgan fingerprint density at radius 2 is 1.90 bits per heavy atom. The molecule has 1 fully saturated rings. The normalized spacial score (nSPS) is 13.6. The molecule has 1 amide bonds. The van der Waals surface area contributed by atoms with E-state index in [1.165, 1.54) is 6.07 Å². The van der Waals surface area contributed by atoms with E-state index in [4.69, 9.17) is 17.0 Å². The SMILES string of the molecule is Cc1cc(NC(=S)NC(=O)c2ccc(N3CCOCC3)c([N+](=O)[O-])c2)c(C)cc1I. The topological polar surface area (TPSA) is 96.7 Å². The van der Waals surface area contributed by atoms with Gasteiger partial charge in [-0.3, -0.25) is 20.2 Å². The van der Waals surface area contributed by atoms with Crippen molar-refractivity contribution in [1.29, 1.82) is 0 Å². The first-order valence-electron chi connectivity index (χ1n) is 9.26. The van der Waals surface area contributed by atoms with Crippen LogP contribution in [-0.4, -0.2) is 42.2 Å². The van der Waals surface area contributed by atoms with Crippen molar-refractivity contribution in [1.82, 2.24) is 5.32 Å². The number of amides is 1. The molecule has 0 bridgehead atoms. The summed E-state index contributed by atoms with van der Waals surface area (Å²) in [4.78, 5) is 25.6. The molecule has 10 heteroatoms. The molecule has 2 N–H and O–H groups in total. The average molecular weight is 540 g/mol. The van der Waals surface area contributed by atoms with Gasteiger partial charge in [-0.05, 0) is 84.0 Å². The van der Waals surface area contributed by atoms with Crippen molar-refractivity contribution in [3.63, 3.8) is 0 Å². The maximum atomic E-state index is 12.6. The monoisotopic (exact) mass is 540 g/mol. The lowest BCUT2D eigenvalue weighted by Crippen LogP contribution is -2.37. The van der Waals surface area contributed by atoms with E-state index < -0.39 is 10.8 Å². The predicted molar refractivity (Wildman–Crippen MR) is 128 cm³/mol. The summed E-state index contributed by atoms with van der Waals surface area (Å²) in [7, 11) is 0. The lowest BCUT2D eigenvalue weighted by Gasteiger charge is -2.28. The number of carbonyl (C=O) groups excluding carboxylic acids is 1. The molecule has 158 valence electrons. The summed E-state index contributed by atoms with van der Waals surface area (Å²) in [6.45, 7) is 6.09. The van der Waals surface area contributed by atoms with Crippen molar-refractivity contribution in [2.24, 2.45) is 0 Å². The van der Waals surface area contributed by atoms with Crippen molar-refractivity contribution >= 4 is 62.9 Å². The summed E-state index contributed by atoms with van der Waals surface area (Å²) >= 11 is 7.52. The summed E-state index contributed by atoms with van der Waals surface area (Å²) in [5.41, 5.74) is 3.41. The number of nitro groups is 1. The first kappa shape index (κ1) is 22.4. The van der Waals surface area contributed by atoms with E-state index in [9.17, 15) is 14.9 Å². The van der Waals surface area contributed by atoms with Crippen LogP contribution < -0.4 is 15.5 Å². The molecule has 1 saturated heterocycles. The third-order valence-electron chi connectivity index (χ3n) is 4.77. The van der Waals surface area contributed by atoms with Gasteiger partial charge in [0.05, 0.1) is 18.1 Å². The molecule has 2 aromatic carbocycles. The lowest BCUT2D eigenvalue weighted by atomic mass is 10.1. The Balaban J connectivity index is 1.74. The number of rotatable bonds is 4. The van der Waals surface area contributed by atoms with Gasteiger partial charge in [-0.2, -0.15) is 0 Å². The Morgan fingerprint density at radius 1 is 1.20 bits per heavy atom. The van der Waals surface area contributed by atoms with Crippen LogP contribution in [0, 0.1) is 27.5 Å². The van der Waals surface area contributed by atoms with Gasteiger partial charge in [-0.1, -0.05) is 0 Å².